The molecule has 2 atom stereocenters. The van der Waals surface area contributed by atoms with Crippen LogP contribution in [0.5, 0.6) is 17.5 Å². The van der Waals surface area contributed by atoms with Gasteiger partial charge in [0.05, 0.1) is 30.4 Å². The zero-order chi connectivity index (χ0) is 47.4. The standard InChI is InChI=1S/C24H35ClN6O2.C17H21Cl2N5O.C7H15NO/c1-3-31-14-8-11-19(16-31)33-24-29-22(26-17-9-6-4-5-7-10-17)28-23(30-24)27-18-12-13-21(32-2)20(25)15-18;1-25-14-9-8-12(10-13(14)18)21-17-23-15(19)22-16(24-17)20-11-6-4-2-3-5-7-11;1-2-8-5-3-4-7(9)6-8/h12-13,15,17,19H,3-11,14,16H2,1-2H3,(H2,26,27,28,29,30);8-11H,2-7H2,1H3,(H2,20,21,22,23,24);7,9H,2-6H2,1H3. The smallest absolute Gasteiger partial charge is 0.323 e. The molecule has 4 heterocycles. The van der Waals surface area contributed by atoms with Gasteiger partial charge in [0.1, 0.15) is 17.6 Å². The predicted octanol–water partition coefficient (Wildman–Crippen LogP) is 10.8. The average molecular weight is 987 g/mol. The minimum Gasteiger partial charge on any atom is -0.495 e. The molecule has 2 aliphatic carbocycles. The van der Waals surface area contributed by atoms with Gasteiger partial charge in [0.2, 0.25) is 29.1 Å². The van der Waals surface area contributed by atoms with Crippen LogP contribution in [0, 0.1) is 0 Å². The highest BCUT2D eigenvalue weighted by Gasteiger charge is 2.23. The normalized spacial score (nSPS) is 19.8. The van der Waals surface area contributed by atoms with Gasteiger partial charge in [-0.25, -0.2) is 0 Å². The lowest BCUT2D eigenvalue weighted by Gasteiger charge is -2.31. The number of likely N-dealkylation sites (N-methyl/N-ethyl adjacent to an activating group) is 2. The van der Waals surface area contributed by atoms with Crippen molar-refractivity contribution >= 4 is 70.0 Å². The maximum Gasteiger partial charge on any atom is 0.323 e. The summed E-state index contributed by atoms with van der Waals surface area (Å²) >= 11 is 18.5. The third-order valence-electron chi connectivity index (χ3n) is 12.5. The zero-order valence-corrected chi connectivity index (χ0v) is 42.0. The molecule has 4 aliphatic rings. The van der Waals surface area contributed by atoms with Crippen LogP contribution in [0.4, 0.5) is 35.2 Å². The summed E-state index contributed by atoms with van der Waals surface area (Å²) in [7, 11) is 3.17. The molecule has 368 valence electrons. The van der Waals surface area contributed by atoms with E-state index in [4.69, 9.17) is 54.1 Å². The third-order valence-corrected chi connectivity index (χ3v) is 13.3. The lowest BCUT2D eigenvalue weighted by Crippen LogP contribution is -2.41. The highest BCUT2D eigenvalue weighted by molar-refractivity contribution is 6.32. The molecule has 0 amide bonds. The lowest BCUT2D eigenvalue weighted by atomic mass is 10.1. The Morgan fingerprint density at radius 1 is 0.567 bits per heavy atom. The number of aromatic nitrogens is 6. The number of ether oxygens (including phenoxy) is 3. The largest absolute Gasteiger partial charge is 0.495 e. The van der Waals surface area contributed by atoms with Gasteiger partial charge in [-0.3, -0.25) is 4.90 Å². The maximum atomic E-state index is 9.17. The number of aliphatic hydroxyl groups is 1. The van der Waals surface area contributed by atoms with E-state index in [2.05, 4.69) is 74.8 Å². The lowest BCUT2D eigenvalue weighted by molar-refractivity contribution is 0.0737. The summed E-state index contributed by atoms with van der Waals surface area (Å²) in [6, 6.07) is 12.0. The molecule has 2 aliphatic heterocycles. The van der Waals surface area contributed by atoms with E-state index in [0.717, 1.165) is 95.5 Å². The van der Waals surface area contributed by atoms with Crippen molar-refractivity contribution < 1.29 is 19.3 Å². The molecule has 5 N–H and O–H groups in total. The second kappa shape index (κ2) is 27.7. The maximum absolute atomic E-state index is 9.17. The van der Waals surface area contributed by atoms with Crippen molar-refractivity contribution in [2.75, 3.05) is 74.8 Å². The zero-order valence-electron chi connectivity index (χ0n) is 39.7. The van der Waals surface area contributed by atoms with E-state index >= 15 is 0 Å². The molecule has 4 aromatic rings. The van der Waals surface area contributed by atoms with E-state index in [1.807, 2.05) is 18.2 Å². The van der Waals surface area contributed by atoms with Crippen molar-refractivity contribution in [3.63, 3.8) is 0 Å². The highest BCUT2D eigenvalue weighted by Crippen LogP contribution is 2.31. The predicted molar refractivity (Wildman–Crippen MR) is 271 cm³/mol. The van der Waals surface area contributed by atoms with Crippen LogP contribution in [0.2, 0.25) is 15.3 Å². The van der Waals surface area contributed by atoms with Gasteiger partial charge in [-0.05, 0) is 126 Å². The van der Waals surface area contributed by atoms with Crippen LogP contribution in [0.3, 0.4) is 0 Å². The second-order valence-corrected chi connectivity index (χ2v) is 18.7. The van der Waals surface area contributed by atoms with Crippen LogP contribution in [-0.2, 0) is 0 Å². The number of rotatable bonds is 14. The number of aliphatic hydroxyl groups excluding tert-OH is 1. The fourth-order valence-electron chi connectivity index (χ4n) is 8.82. The van der Waals surface area contributed by atoms with Gasteiger partial charge < -0.3 is 45.5 Å². The van der Waals surface area contributed by atoms with E-state index in [1.54, 1.807) is 32.4 Å². The quantitative estimate of drug-likeness (QED) is 0.0753. The molecule has 16 nitrogen and oxygen atoms in total. The van der Waals surface area contributed by atoms with Crippen LogP contribution in [-0.4, -0.2) is 123 Å². The van der Waals surface area contributed by atoms with Gasteiger partial charge >= 0.3 is 6.01 Å². The first-order valence-corrected chi connectivity index (χ1v) is 25.4. The summed E-state index contributed by atoms with van der Waals surface area (Å²) in [5.74, 6) is 3.08. The molecule has 2 saturated carbocycles. The van der Waals surface area contributed by atoms with E-state index in [0.29, 0.717) is 63.4 Å². The van der Waals surface area contributed by atoms with Crippen molar-refractivity contribution in [1.82, 2.24) is 39.7 Å². The molecule has 67 heavy (non-hydrogen) atoms. The molecule has 0 radical (unpaired) electrons. The molecule has 0 bridgehead atoms. The van der Waals surface area contributed by atoms with E-state index in [9.17, 15) is 0 Å². The van der Waals surface area contributed by atoms with Gasteiger partial charge in [-0.1, -0.05) is 88.4 Å². The van der Waals surface area contributed by atoms with Gasteiger partial charge in [0.25, 0.3) is 0 Å². The first-order chi connectivity index (χ1) is 32.6. The number of hydrogen-bond donors (Lipinski definition) is 5. The first kappa shape index (κ1) is 52.2. The molecule has 0 spiro atoms. The Labute approximate surface area is 412 Å². The first-order valence-electron chi connectivity index (χ1n) is 24.3. The summed E-state index contributed by atoms with van der Waals surface area (Å²) in [6.45, 7) is 10.5. The van der Waals surface area contributed by atoms with Gasteiger partial charge in [0, 0.05) is 36.5 Å². The molecular weight excluding hydrogens is 915 g/mol. The number of nitrogens with zero attached hydrogens (tertiary/aromatic N) is 8. The monoisotopic (exact) mass is 984 g/mol. The number of piperidine rings is 2. The number of halogens is 3. The fourth-order valence-corrected chi connectivity index (χ4v) is 9.50. The summed E-state index contributed by atoms with van der Waals surface area (Å²) in [4.78, 5) is 31.3. The Morgan fingerprint density at radius 3 is 1.51 bits per heavy atom. The molecule has 19 heteroatoms. The van der Waals surface area contributed by atoms with Crippen LogP contribution in [0.25, 0.3) is 0 Å². The van der Waals surface area contributed by atoms with Crippen molar-refractivity contribution in [3.8, 4) is 17.5 Å². The number of hydrogen-bond acceptors (Lipinski definition) is 16. The molecule has 8 rings (SSSR count). The van der Waals surface area contributed by atoms with Crippen LogP contribution >= 0.6 is 34.8 Å². The Hall–Kier alpha value is -4.19. The Kier molecular flexibility index (Phi) is 21.6. The van der Waals surface area contributed by atoms with Crippen LogP contribution in [0.15, 0.2) is 36.4 Å². The highest BCUT2D eigenvalue weighted by atomic mass is 35.5. The van der Waals surface area contributed by atoms with Crippen molar-refractivity contribution in [3.05, 3.63) is 51.7 Å². The van der Waals surface area contributed by atoms with Crippen molar-refractivity contribution in [1.29, 1.82) is 0 Å². The van der Waals surface area contributed by atoms with E-state index in [1.165, 1.54) is 57.9 Å². The minimum atomic E-state index is -0.0568. The summed E-state index contributed by atoms with van der Waals surface area (Å²) in [5, 5.41) is 23.6. The topological polar surface area (TPSA) is 180 Å². The third kappa shape index (κ3) is 17.7. The molecule has 4 fully saturated rings. The fraction of sp³-hybridized carbons (Fsp3) is 0.625. The summed E-state index contributed by atoms with van der Waals surface area (Å²) in [6.07, 6.45) is 18.9. The van der Waals surface area contributed by atoms with Crippen LogP contribution in [0.1, 0.15) is 117 Å². The number of β-amino-alcohol motifs (C(OH)–C–C–N with tert-alkyl or cyclic N) is 1. The van der Waals surface area contributed by atoms with Gasteiger partial charge in [0.15, 0.2) is 0 Å². The van der Waals surface area contributed by atoms with E-state index in [-0.39, 0.29) is 17.5 Å². The Morgan fingerprint density at radius 2 is 1.03 bits per heavy atom. The summed E-state index contributed by atoms with van der Waals surface area (Å²) in [5.41, 5.74) is 1.52. The number of benzene rings is 2. The molecule has 2 unspecified atom stereocenters. The van der Waals surface area contributed by atoms with Gasteiger partial charge in [-0.15, -0.1) is 0 Å². The van der Waals surface area contributed by atoms with E-state index < -0.39 is 0 Å². The number of anilines is 6. The van der Waals surface area contributed by atoms with Crippen molar-refractivity contribution in [2.45, 2.75) is 141 Å². The van der Waals surface area contributed by atoms with Gasteiger partial charge in [-0.2, -0.15) is 29.9 Å². The molecular formula is C48H71Cl3N12O4. The molecule has 2 aromatic carbocycles. The number of nitrogens with one attached hydrogen (secondary N) is 4. The summed E-state index contributed by atoms with van der Waals surface area (Å²) < 4.78 is 16.7. The number of likely N-dealkylation sites (tertiary alicyclic amines) is 2. The minimum absolute atomic E-state index is 0.0568. The molecule has 2 aromatic heterocycles. The Balaban J connectivity index is 0.000000191. The number of methoxy groups -OCH3 is 2. The SMILES string of the molecule is CCN1CCCC(O)C1.CCN1CCCC(Oc2nc(Nc3ccc(OC)c(Cl)c3)nc(NC3CCCCCC3)n2)C1.COc1ccc(Nc2nc(Cl)nc(NC3CCCCCC3)n2)cc1Cl. The second-order valence-electron chi connectivity index (χ2n) is 17.6. The van der Waals surface area contributed by atoms with Crippen molar-refractivity contribution in [2.24, 2.45) is 0 Å². The Bertz CT molecular complexity index is 2090. The average Bonchev–Trinajstić information content (AvgIpc) is 3.74. The molecule has 2 saturated heterocycles. The van der Waals surface area contributed by atoms with Crippen LogP contribution < -0.4 is 35.5 Å².